The molecule has 0 saturated carbocycles. The number of amides is 1. The second kappa shape index (κ2) is 8.01. The van der Waals surface area contributed by atoms with Gasteiger partial charge in [-0.15, -0.1) is 0 Å². The highest BCUT2D eigenvalue weighted by atomic mass is 79.9. The van der Waals surface area contributed by atoms with Crippen LogP contribution in [-0.4, -0.2) is 28.9 Å². The lowest BCUT2D eigenvalue weighted by Gasteiger charge is -2.12. The minimum absolute atomic E-state index is 0.179. The van der Waals surface area contributed by atoms with Crippen LogP contribution in [0.25, 0.3) is 0 Å². The second-order valence-corrected chi connectivity index (χ2v) is 5.63. The molecule has 7 heteroatoms. The highest BCUT2D eigenvalue weighted by molar-refractivity contribution is 9.10. The molecule has 6 nitrogen and oxygen atoms in total. The van der Waals surface area contributed by atoms with Crippen LogP contribution in [0.2, 0.25) is 0 Å². The van der Waals surface area contributed by atoms with E-state index < -0.39 is 0 Å². The van der Waals surface area contributed by atoms with E-state index in [1.165, 1.54) is 0 Å². The third-order valence-electron chi connectivity index (χ3n) is 3.23. The van der Waals surface area contributed by atoms with Gasteiger partial charge in [0.2, 0.25) is 0 Å². The largest absolute Gasteiger partial charge is 0.490 e. The molecule has 0 saturated heterocycles. The predicted molar refractivity (Wildman–Crippen MR) is 90.9 cm³/mol. The Bertz CT molecular complexity index is 666. The van der Waals surface area contributed by atoms with Crippen LogP contribution in [0.15, 0.2) is 28.9 Å². The van der Waals surface area contributed by atoms with Crippen LogP contribution in [-0.2, 0) is 13.6 Å². The van der Waals surface area contributed by atoms with E-state index in [4.69, 9.17) is 9.47 Å². The molecule has 2 aromatic rings. The van der Waals surface area contributed by atoms with Crippen molar-refractivity contribution >= 4 is 21.8 Å². The molecule has 0 bridgehead atoms. The van der Waals surface area contributed by atoms with Crippen molar-refractivity contribution < 1.29 is 14.3 Å². The average molecular weight is 382 g/mol. The molecule has 2 rings (SSSR count). The molecule has 1 amide bonds. The number of hydrogen-bond donors (Lipinski definition) is 1. The molecule has 0 unspecified atom stereocenters. The maximum atomic E-state index is 12.3. The van der Waals surface area contributed by atoms with Gasteiger partial charge in [0.05, 0.1) is 36.1 Å². The van der Waals surface area contributed by atoms with Gasteiger partial charge in [-0.1, -0.05) is 0 Å². The Balaban J connectivity index is 2.11. The smallest absolute Gasteiger partial charge is 0.251 e. The van der Waals surface area contributed by atoms with Crippen LogP contribution >= 0.6 is 15.9 Å². The highest BCUT2D eigenvalue weighted by Crippen LogP contribution is 2.28. The predicted octanol–water partition coefficient (Wildman–Crippen LogP) is 2.91. The van der Waals surface area contributed by atoms with Crippen molar-refractivity contribution in [3.05, 3.63) is 40.1 Å². The fraction of sp³-hybridized carbons (Fsp3) is 0.375. The molecule has 0 radical (unpaired) electrons. The van der Waals surface area contributed by atoms with Gasteiger partial charge in [0.15, 0.2) is 11.5 Å². The van der Waals surface area contributed by atoms with Gasteiger partial charge in [-0.3, -0.25) is 9.48 Å². The summed E-state index contributed by atoms with van der Waals surface area (Å²) in [6, 6.07) is 5.17. The van der Waals surface area contributed by atoms with Crippen LogP contribution in [0.5, 0.6) is 11.5 Å². The first-order valence-corrected chi connectivity index (χ1v) is 8.20. The third-order valence-corrected chi connectivity index (χ3v) is 3.90. The maximum Gasteiger partial charge on any atom is 0.251 e. The van der Waals surface area contributed by atoms with E-state index in [-0.39, 0.29) is 5.91 Å². The summed E-state index contributed by atoms with van der Waals surface area (Å²) in [5, 5.41) is 7.00. The lowest BCUT2D eigenvalue weighted by molar-refractivity contribution is 0.0949. The zero-order chi connectivity index (χ0) is 16.8. The number of benzene rings is 1. The molecule has 1 N–H and O–H groups in total. The topological polar surface area (TPSA) is 65.4 Å². The zero-order valence-corrected chi connectivity index (χ0v) is 15.0. The van der Waals surface area contributed by atoms with Crippen molar-refractivity contribution in [2.45, 2.75) is 20.4 Å². The molecule has 0 aliphatic heterocycles. The first-order valence-electron chi connectivity index (χ1n) is 7.41. The van der Waals surface area contributed by atoms with E-state index in [1.54, 1.807) is 29.1 Å². The van der Waals surface area contributed by atoms with Crippen LogP contribution in [0.1, 0.15) is 29.9 Å². The molecule has 0 atom stereocenters. The fourth-order valence-corrected chi connectivity index (χ4v) is 2.58. The van der Waals surface area contributed by atoms with Crippen LogP contribution in [0.4, 0.5) is 0 Å². The van der Waals surface area contributed by atoms with Gasteiger partial charge < -0.3 is 14.8 Å². The summed E-state index contributed by atoms with van der Waals surface area (Å²) >= 11 is 3.41. The van der Waals surface area contributed by atoms with Crippen molar-refractivity contribution in [2.24, 2.45) is 7.05 Å². The van der Waals surface area contributed by atoms with Crippen molar-refractivity contribution in [3.63, 3.8) is 0 Å². The Kier molecular flexibility index (Phi) is 6.04. The Labute approximate surface area is 143 Å². The molecule has 23 heavy (non-hydrogen) atoms. The van der Waals surface area contributed by atoms with Crippen molar-refractivity contribution in [1.82, 2.24) is 15.1 Å². The van der Waals surface area contributed by atoms with Crippen LogP contribution in [0.3, 0.4) is 0 Å². The number of halogens is 1. The molecule has 0 spiro atoms. The van der Waals surface area contributed by atoms with Crippen molar-refractivity contribution in [3.8, 4) is 11.5 Å². The number of aromatic nitrogens is 2. The van der Waals surface area contributed by atoms with Crippen LogP contribution < -0.4 is 14.8 Å². The Morgan fingerprint density at radius 1 is 1.26 bits per heavy atom. The zero-order valence-electron chi connectivity index (χ0n) is 13.4. The number of hydrogen-bond acceptors (Lipinski definition) is 4. The highest BCUT2D eigenvalue weighted by Gasteiger charge is 2.13. The molecule has 0 aliphatic rings. The van der Waals surface area contributed by atoms with Gasteiger partial charge in [0, 0.05) is 12.6 Å². The standard InChI is InChI=1S/C16H20BrN3O3/c1-4-22-14-7-6-11(8-15(14)23-5-2)16(21)18-10-13-12(17)9-19-20(13)3/h6-9H,4-5,10H2,1-3H3,(H,18,21). The number of carbonyl (C=O) groups excluding carboxylic acids is 1. The molecule has 0 fully saturated rings. The number of nitrogens with zero attached hydrogens (tertiary/aromatic N) is 2. The number of carbonyl (C=O) groups is 1. The lowest BCUT2D eigenvalue weighted by Crippen LogP contribution is -2.24. The van der Waals surface area contributed by atoms with Gasteiger partial charge in [-0.05, 0) is 48.0 Å². The SMILES string of the molecule is CCOc1ccc(C(=O)NCc2c(Br)cnn2C)cc1OCC. The quantitative estimate of drug-likeness (QED) is 0.800. The summed E-state index contributed by atoms with van der Waals surface area (Å²) in [7, 11) is 1.83. The Hall–Kier alpha value is -2.02. The molecule has 1 heterocycles. The third kappa shape index (κ3) is 4.25. The van der Waals surface area contributed by atoms with Gasteiger partial charge in [-0.25, -0.2) is 0 Å². The van der Waals surface area contributed by atoms with Crippen LogP contribution in [0, 0.1) is 0 Å². The van der Waals surface area contributed by atoms with Gasteiger partial charge >= 0.3 is 0 Å². The first-order chi connectivity index (χ1) is 11.1. The summed E-state index contributed by atoms with van der Waals surface area (Å²) in [5.74, 6) is 1.03. The van der Waals surface area contributed by atoms with E-state index in [0.717, 1.165) is 10.2 Å². The van der Waals surface area contributed by atoms with E-state index in [9.17, 15) is 4.79 Å². The summed E-state index contributed by atoms with van der Waals surface area (Å²) in [5.41, 5.74) is 1.42. The van der Waals surface area contributed by atoms with Crippen molar-refractivity contribution in [1.29, 1.82) is 0 Å². The second-order valence-electron chi connectivity index (χ2n) is 4.77. The Morgan fingerprint density at radius 2 is 1.96 bits per heavy atom. The number of rotatable bonds is 7. The normalized spacial score (nSPS) is 10.4. The molecular formula is C16H20BrN3O3. The van der Waals surface area contributed by atoms with E-state index in [2.05, 4.69) is 26.3 Å². The number of aryl methyl sites for hydroxylation is 1. The summed E-state index contributed by atoms with van der Waals surface area (Å²) < 4.78 is 13.6. The fourth-order valence-electron chi connectivity index (χ4n) is 2.09. The molecular weight excluding hydrogens is 362 g/mol. The minimum atomic E-state index is -0.179. The maximum absolute atomic E-state index is 12.3. The van der Waals surface area contributed by atoms with Gasteiger partial charge in [0.1, 0.15) is 0 Å². The summed E-state index contributed by atoms with van der Waals surface area (Å²) in [6.45, 7) is 5.23. The Morgan fingerprint density at radius 3 is 2.57 bits per heavy atom. The average Bonchev–Trinajstić information content (AvgIpc) is 2.86. The molecule has 0 aliphatic carbocycles. The van der Waals surface area contributed by atoms with E-state index >= 15 is 0 Å². The van der Waals surface area contributed by atoms with Gasteiger partial charge in [-0.2, -0.15) is 5.10 Å². The van der Waals surface area contributed by atoms with E-state index in [1.807, 2.05) is 20.9 Å². The minimum Gasteiger partial charge on any atom is -0.490 e. The lowest BCUT2D eigenvalue weighted by atomic mass is 10.2. The number of ether oxygens (including phenoxy) is 2. The van der Waals surface area contributed by atoms with E-state index in [0.29, 0.717) is 36.8 Å². The molecule has 1 aromatic carbocycles. The monoisotopic (exact) mass is 381 g/mol. The summed E-state index contributed by atoms with van der Waals surface area (Å²) in [4.78, 5) is 12.3. The summed E-state index contributed by atoms with van der Waals surface area (Å²) in [6.07, 6.45) is 1.70. The van der Waals surface area contributed by atoms with Crippen molar-refractivity contribution in [2.75, 3.05) is 13.2 Å². The number of nitrogens with one attached hydrogen (secondary N) is 1. The van der Waals surface area contributed by atoms with Gasteiger partial charge in [0.25, 0.3) is 5.91 Å². The molecule has 124 valence electrons. The molecule has 1 aromatic heterocycles. The first kappa shape index (κ1) is 17.3.